The minimum atomic E-state index is -2.23. The summed E-state index contributed by atoms with van der Waals surface area (Å²) >= 11 is 0. The van der Waals surface area contributed by atoms with Crippen LogP contribution in [0.4, 0.5) is 11.4 Å². The summed E-state index contributed by atoms with van der Waals surface area (Å²) in [6.07, 6.45) is 1.69. The van der Waals surface area contributed by atoms with Crippen molar-refractivity contribution in [3.8, 4) is 0 Å². The Morgan fingerprint density at radius 3 is 2.62 bits per heavy atom. The third-order valence-corrected chi connectivity index (χ3v) is 5.50. The first-order valence-corrected chi connectivity index (χ1v) is 8.95. The van der Waals surface area contributed by atoms with E-state index in [4.69, 9.17) is 8.53 Å². The summed E-state index contributed by atoms with van der Waals surface area (Å²) in [4.78, 5) is 3.71. The maximum Gasteiger partial charge on any atom is 0.315 e. The van der Waals surface area contributed by atoms with E-state index in [1.165, 1.54) is 4.90 Å². The lowest BCUT2D eigenvalue weighted by Crippen LogP contribution is -2.59. The van der Waals surface area contributed by atoms with Gasteiger partial charge in [0.2, 0.25) is 0 Å². The number of benzene rings is 2. The zero-order valence-corrected chi connectivity index (χ0v) is 15.1. The molecule has 4 nitrogen and oxygen atoms in total. The molecule has 0 spiro atoms. The molecule has 2 aliphatic heterocycles. The van der Waals surface area contributed by atoms with Crippen molar-refractivity contribution in [2.75, 3.05) is 16.9 Å². The molecule has 2 aliphatic rings. The van der Waals surface area contributed by atoms with Crippen LogP contribution in [-0.2, 0) is 0 Å². The van der Waals surface area contributed by atoms with Crippen molar-refractivity contribution in [3.05, 3.63) is 60.0 Å². The molecule has 0 amide bonds. The highest BCUT2D eigenvalue weighted by molar-refractivity contribution is 6.73. The number of anilines is 2. The Morgan fingerprint density at radius 1 is 1.08 bits per heavy atom. The smallest absolute Gasteiger partial charge is 0.315 e. The monoisotopic (exact) mass is 346 g/mol. The van der Waals surface area contributed by atoms with E-state index < -0.39 is 6.98 Å². The van der Waals surface area contributed by atoms with Gasteiger partial charge in [0.1, 0.15) is 17.5 Å². The lowest BCUT2D eigenvalue weighted by Gasteiger charge is -2.44. The van der Waals surface area contributed by atoms with Crippen LogP contribution in [0.1, 0.15) is 23.7 Å². The number of hydrogen-bond donors (Lipinski definition) is 0. The third-order valence-electron chi connectivity index (χ3n) is 5.50. The Morgan fingerprint density at radius 2 is 1.81 bits per heavy atom. The van der Waals surface area contributed by atoms with Gasteiger partial charge >= 0.3 is 6.85 Å². The van der Waals surface area contributed by atoms with Gasteiger partial charge in [-0.2, -0.15) is 0 Å². The van der Waals surface area contributed by atoms with Crippen LogP contribution in [0.5, 0.6) is 0 Å². The van der Waals surface area contributed by atoms with Gasteiger partial charge in [-0.15, -0.1) is 0 Å². The summed E-state index contributed by atoms with van der Waals surface area (Å²) in [6.45, 7) is 3.89. The summed E-state index contributed by atoms with van der Waals surface area (Å²) in [5, 5.41) is 3.19. The topological polar surface area (TPSA) is 22.9 Å². The van der Waals surface area contributed by atoms with E-state index in [9.17, 15) is 0 Å². The highest BCUT2D eigenvalue weighted by atomic mass is 16.3. The maximum absolute atomic E-state index is 8.08. The summed E-state index contributed by atoms with van der Waals surface area (Å²) < 4.78 is 30.3. The lowest BCUT2D eigenvalue weighted by atomic mass is 9.54. The molecule has 130 valence electrons. The predicted molar refractivity (Wildman–Crippen MR) is 110 cm³/mol. The SMILES string of the molecule is [2H]C([2H])([2H])N1c2ccccc2N(N2B(C)c3c(oc4ccccc34)C=C2C)[C@H]1C. The fourth-order valence-corrected chi connectivity index (χ4v) is 4.33. The van der Waals surface area contributed by atoms with E-state index in [1.54, 1.807) is 0 Å². The second kappa shape index (κ2) is 5.34. The van der Waals surface area contributed by atoms with Crippen molar-refractivity contribution < 1.29 is 8.53 Å². The summed E-state index contributed by atoms with van der Waals surface area (Å²) in [5.74, 6) is 0.875. The van der Waals surface area contributed by atoms with Crippen molar-refractivity contribution in [2.45, 2.75) is 26.8 Å². The Balaban J connectivity index is 1.66. The molecular formula is C21H22BN3O. The van der Waals surface area contributed by atoms with Crippen LogP contribution in [-0.4, -0.2) is 24.9 Å². The molecule has 5 heteroatoms. The molecule has 0 unspecified atom stereocenters. The van der Waals surface area contributed by atoms with Crippen LogP contribution < -0.4 is 15.4 Å². The van der Waals surface area contributed by atoms with Gasteiger partial charge in [-0.3, -0.25) is 5.01 Å². The minimum absolute atomic E-state index is 0.00860. The van der Waals surface area contributed by atoms with Crippen LogP contribution in [0.3, 0.4) is 0 Å². The van der Waals surface area contributed by atoms with Crippen molar-refractivity contribution in [1.82, 2.24) is 4.92 Å². The standard InChI is InChI=1S/C21H22BN3O/c1-14-13-20-21(16-9-5-8-12-19(16)26-20)22(3)25(14)24-15(2)23(4)17-10-6-7-11-18(17)24/h5-13,15H,1-4H3/t15-/m0/s1/i4D3. The van der Waals surface area contributed by atoms with Crippen molar-refractivity contribution >= 4 is 40.7 Å². The van der Waals surface area contributed by atoms with Gasteiger partial charge < -0.3 is 14.2 Å². The second-order valence-corrected chi connectivity index (χ2v) is 7.02. The molecule has 0 radical (unpaired) electrons. The van der Waals surface area contributed by atoms with Gasteiger partial charge in [0.05, 0.1) is 11.4 Å². The number of furan rings is 1. The van der Waals surface area contributed by atoms with Gasteiger partial charge in [-0.1, -0.05) is 37.2 Å². The maximum atomic E-state index is 8.08. The molecule has 3 aromatic rings. The Bertz CT molecular complexity index is 1140. The number of para-hydroxylation sites is 3. The number of nitrogens with zero attached hydrogens (tertiary/aromatic N) is 3. The van der Waals surface area contributed by atoms with Crippen molar-refractivity contribution in [1.29, 1.82) is 0 Å². The van der Waals surface area contributed by atoms with Gasteiger partial charge in [0.15, 0.2) is 0 Å². The first kappa shape index (κ1) is 12.5. The molecule has 0 fully saturated rings. The average Bonchev–Trinajstić information content (AvgIpc) is 3.16. The molecule has 2 aromatic carbocycles. The molecule has 0 saturated carbocycles. The average molecular weight is 346 g/mol. The molecule has 1 atom stereocenters. The molecule has 0 saturated heterocycles. The van der Waals surface area contributed by atoms with Gasteiger partial charge in [-0.25, -0.2) is 0 Å². The molecule has 3 heterocycles. The second-order valence-electron chi connectivity index (χ2n) is 7.02. The highest BCUT2D eigenvalue weighted by Crippen LogP contribution is 2.41. The predicted octanol–water partition coefficient (Wildman–Crippen LogP) is 4.15. The largest absolute Gasteiger partial charge is 0.457 e. The number of rotatable bonds is 1. The first-order chi connectivity index (χ1) is 13.8. The number of fused-ring (bicyclic) bond motifs is 4. The first-order valence-electron chi connectivity index (χ1n) is 10.5. The Labute approximate surface area is 158 Å². The molecule has 0 N–H and O–H groups in total. The highest BCUT2D eigenvalue weighted by Gasteiger charge is 2.41. The van der Waals surface area contributed by atoms with Crippen molar-refractivity contribution in [3.63, 3.8) is 0 Å². The van der Waals surface area contributed by atoms with Crippen LogP contribution in [0.2, 0.25) is 6.82 Å². The molecule has 0 aliphatic carbocycles. The minimum Gasteiger partial charge on any atom is -0.457 e. The fraction of sp³-hybridized carbons (Fsp3) is 0.238. The molecular weight excluding hydrogens is 321 g/mol. The van der Waals surface area contributed by atoms with Crippen LogP contribution in [0.15, 0.2) is 58.6 Å². The van der Waals surface area contributed by atoms with Crippen LogP contribution >= 0.6 is 0 Å². The van der Waals surface area contributed by atoms with Gasteiger partial charge in [0, 0.05) is 22.2 Å². The number of hydrogen-bond acceptors (Lipinski definition) is 4. The summed E-state index contributed by atoms with van der Waals surface area (Å²) in [6, 6.07) is 15.8. The normalized spacial score (nSPS) is 21.3. The van der Waals surface area contributed by atoms with Crippen LogP contribution in [0.25, 0.3) is 17.0 Å². The summed E-state index contributed by atoms with van der Waals surface area (Å²) in [7, 11) is 0. The molecule has 1 aromatic heterocycles. The van der Waals surface area contributed by atoms with Crippen LogP contribution in [0, 0.1) is 0 Å². The van der Waals surface area contributed by atoms with E-state index in [2.05, 4.69) is 22.8 Å². The van der Waals surface area contributed by atoms with E-state index in [1.807, 2.05) is 62.4 Å². The Kier molecular flexibility index (Phi) is 2.57. The van der Waals surface area contributed by atoms with E-state index in [0.717, 1.165) is 39.3 Å². The van der Waals surface area contributed by atoms with E-state index in [0.29, 0.717) is 0 Å². The summed E-state index contributed by atoms with van der Waals surface area (Å²) in [5.41, 5.74) is 4.63. The third kappa shape index (κ3) is 1.91. The zero-order chi connectivity index (χ0) is 20.5. The van der Waals surface area contributed by atoms with E-state index in [-0.39, 0.29) is 13.0 Å². The Hall–Kier alpha value is -2.82. The van der Waals surface area contributed by atoms with Gasteiger partial charge in [0.25, 0.3) is 0 Å². The molecule has 5 rings (SSSR count). The number of allylic oxidation sites excluding steroid dienone is 1. The van der Waals surface area contributed by atoms with Crippen molar-refractivity contribution in [2.24, 2.45) is 0 Å². The fourth-order valence-electron chi connectivity index (χ4n) is 4.33. The zero-order valence-electron chi connectivity index (χ0n) is 18.1. The quantitative estimate of drug-likeness (QED) is 0.618. The van der Waals surface area contributed by atoms with E-state index >= 15 is 0 Å². The lowest BCUT2D eigenvalue weighted by molar-refractivity contribution is 0.438. The van der Waals surface area contributed by atoms with Gasteiger partial charge in [-0.05, 0) is 43.6 Å². The number of hydrazine groups is 1. The molecule has 26 heavy (non-hydrogen) atoms. The molecule has 0 bridgehead atoms.